The Morgan fingerprint density at radius 3 is 1.80 bits per heavy atom. The Morgan fingerprint density at radius 2 is 1.36 bits per heavy atom. The highest BCUT2D eigenvalue weighted by atomic mass is 32.2. The summed E-state index contributed by atoms with van der Waals surface area (Å²) in [5, 5.41) is 5.09. The number of hydrogen-bond donors (Lipinski definition) is 3. The summed E-state index contributed by atoms with van der Waals surface area (Å²) >= 11 is 0. The zero-order valence-electron chi connectivity index (χ0n) is 13.7. The molecule has 2 rings (SSSR count). The quantitative estimate of drug-likeness (QED) is 0.749. The number of nitrogens with two attached hydrogens (primary N) is 1. The van der Waals surface area contributed by atoms with Crippen molar-refractivity contribution in [3.8, 4) is 0 Å². The molecule has 4 N–H and O–H groups in total. The third-order valence-corrected chi connectivity index (χ3v) is 5.13. The van der Waals surface area contributed by atoms with Gasteiger partial charge in [-0.3, -0.25) is 4.79 Å². The topological polar surface area (TPSA) is 122 Å². The lowest BCUT2D eigenvalue weighted by atomic mass is 10.2. The van der Waals surface area contributed by atoms with Crippen molar-refractivity contribution in [3.05, 3.63) is 54.1 Å². The van der Waals surface area contributed by atoms with Gasteiger partial charge in [0.15, 0.2) is 0 Å². The standard InChI is InChI=1S/C16H18N4O4S/c1-20(2)25(23,24)14-9-3-11(4-10-14)15(21)18-12-5-7-13(8-6-12)19-16(17)22/h3-10H,1-2H3,(H,18,21)(H3,17,19,22). The van der Waals surface area contributed by atoms with Crippen LogP contribution in [0.25, 0.3) is 0 Å². The molecule has 0 aliphatic heterocycles. The van der Waals surface area contributed by atoms with Crippen LogP contribution in [-0.2, 0) is 10.0 Å². The van der Waals surface area contributed by atoms with Crippen LogP contribution in [0.3, 0.4) is 0 Å². The SMILES string of the molecule is CN(C)S(=O)(=O)c1ccc(C(=O)Nc2ccc(NC(N)=O)cc2)cc1. The van der Waals surface area contributed by atoms with Crippen LogP contribution in [0.15, 0.2) is 53.4 Å². The van der Waals surface area contributed by atoms with E-state index >= 15 is 0 Å². The average Bonchev–Trinajstić information content (AvgIpc) is 2.56. The molecule has 0 unspecified atom stereocenters. The first kappa shape index (κ1) is 18.4. The molecule has 0 aromatic heterocycles. The zero-order chi connectivity index (χ0) is 18.6. The summed E-state index contributed by atoms with van der Waals surface area (Å²) in [6.07, 6.45) is 0. The van der Waals surface area contributed by atoms with Crippen molar-refractivity contribution in [1.29, 1.82) is 0 Å². The van der Waals surface area contributed by atoms with Gasteiger partial charge in [0.05, 0.1) is 4.90 Å². The van der Waals surface area contributed by atoms with E-state index in [0.717, 1.165) is 4.31 Å². The van der Waals surface area contributed by atoms with Gasteiger partial charge in [-0.15, -0.1) is 0 Å². The third kappa shape index (κ3) is 4.55. The second kappa shape index (κ2) is 7.32. The summed E-state index contributed by atoms with van der Waals surface area (Å²) in [6.45, 7) is 0. The number of hydrogen-bond acceptors (Lipinski definition) is 4. The van der Waals surface area contributed by atoms with Gasteiger partial charge in [-0.25, -0.2) is 17.5 Å². The van der Waals surface area contributed by atoms with Crippen molar-refractivity contribution in [3.63, 3.8) is 0 Å². The monoisotopic (exact) mass is 362 g/mol. The molecule has 0 atom stereocenters. The highest BCUT2D eigenvalue weighted by Crippen LogP contribution is 2.17. The van der Waals surface area contributed by atoms with Crippen molar-refractivity contribution in [2.75, 3.05) is 24.7 Å². The number of sulfonamides is 1. The summed E-state index contributed by atoms with van der Waals surface area (Å²) < 4.78 is 25.1. The van der Waals surface area contributed by atoms with Gasteiger partial charge in [-0.1, -0.05) is 0 Å². The first-order valence-electron chi connectivity index (χ1n) is 7.20. The fraction of sp³-hybridized carbons (Fsp3) is 0.125. The third-order valence-electron chi connectivity index (χ3n) is 3.31. The molecular formula is C16H18N4O4S. The molecule has 0 saturated carbocycles. The van der Waals surface area contributed by atoms with E-state index in [-0.39, 0.29) is 10.8 Å². The smallest absolute Gasteiger partial charge is 0.316 e. The van der Waals surface area contributed by atoms with Crippen LogP contribution in [0.2, 0.25) is 0 Å². The van der Waals surface area contributed by atoms with Gasteiger partial charge in [-0.05, 0) is 48.5 Å². The molecule has 0 aliphatic carbocycles. The van der Waals surface area contributed by atoms with E-state index in [1.165, 1.54) is 38.4 Å². The van der Waals surface area contributed by atoms with E-state index in [4.69, 9.17) is 5.73 Å². The molecule has 0 fully saturated rings. The summed E-state index contributed by atoms with van der Waals surface area (Å²) in [7, 11) is -0.662. The first-order chi connectivity index (χ1) is 11.7. The van der Waals surface area contributed by atoms with Crippen molar-refractivity contribution >= 4 is 33.3 Å². The molecule has 2 aromatic rings. The molecule has 9 heteroatoms. The molecule has 132 valence electrons. The highest BCUT2D eigenvalue weighted by molar-refractivity contribution is 7.89. The fourth-order valence-corrected chi connectivity index (χ4v) is 2.87. The number of rotatable bonds is 5. The lowest BCUT2D eigenvalue weighted by molar-refractivity contribution is 0.102. The van der Waals surface area contributed by atoms with Crippen LogP contribution in [0.1, 0.15) is 10.4 Å². The maximum atomic E-state index is 12.2. The number of amides is 3. The highest BCUT2D eigenvalue weighted by Gasteiger charge is 2.17. The Kier molecular flexibility index (Phi) is 5.40. The minimum Gasteiger partial charge on any atom is -0.351 e. The van der Waals surface area contributed by atoms with Crippen molar-refractivity contribution in [2.45, 2.75) is 4.90 Å². The maximum Gasteiger partial charge on any atom is 0.316 e. The molecular weight excluding hydrogens is 344 g/mol. The Hall–Kier alpha value is -2.91. The number of carbonyl (C=O) groups is 2. The first-order valence-corrected chi connectivity index (χ1v) is 8.64. The molecule has 8 nitrogen and oxygen atoms in total. The lowest BCUT2D eigenvalue weighted by Gasteiger charge is -2.11. The molecule has 25 heavy (non-hydrogen) atoms. The van der Waals surface area contributed by atoms with E-state index < -0.39 is 16.1 Å². The lowest BCUT2D eigenvalue weighted by Crippen LogP contribution is -2.22. The second-order valence-corrected chi connectivity index (χ2v) is 7.48. The average molecular weight is 362 g/mol. The summed E-state index contributed by atoms with van der Waals surface area (Å²) in [4.78, 5) is 23.1. The minimum atomic E-state index is -3.54. The van der Waals surface area contributed by atoms with Crippen molar-refractivity contribution < 1.29 is 18.0 Å². The van der Waals surface area contributed by atoms with E-state index in [0.29, 0.717) is 16.9 Å². The number of nitrogens with one attached hydrogen (secondary N) is 2. The Labute approximate surface area is 145 Å². The van der Waals surface area contributed by atoms with E-state index in [9.17, 15) is 18.0 Å². The van der Waals surface area contributed by atoms with Crippen LogP contribution in [0.4, 0.5) is 16.2 Å². The van der Waals surface area contributed by atoms with Gasteiger partial charge in [0.1, 0.15) is 0 Å². The van der Waals surface area contributed by atoms with Gasteiger partial charge < -0.3 is 16.4 Å². The van der Waals surface area contributed by atoms with E-state index in [1.54, 1.807) is 24.3 Å². The minimum absolute atomic E-state index is 0.107. The van der Waals surface area contributed by atoms with Crippen molar-refractivity contribution in [1.82, 2.24) is 4.31 Å². The van der Waals surface area contributed by atoms with Gasteiger partial charge in [0, 0.05) is 31.0 Å². The molecule has 0 radical (unpaired) electrons. The molecule has 2 aromatic carbocycles. The van der Waals surface area contributed by atoms with Crippen molar-refractivity contribution in [2.24, 2.45) is 5.73 Å². The summed E-state index contributed by atoms with van der Waals surface area (Å²) in [6, 6.07) is 11.4. The predicted octanol–water partition coefficient (Wildman–Crippen LogP) is 1.68. The zero-order valence-corrected chi connectivity index (χ0v) is 14.5. The van der Waals surface area contributed by atoms with Gasteiger partial charge in [-0.2, -0.15) is 0 Å². The molecule has 0 heterocycles. The number of urea groups is 1. The Morgan fingerprint density at radius 1 is 0.880 bits per heavy atom. The van der Waals surface area contributed by atoms with Crippen LogP contribution >= 0.6 is 0 Å². The maximum absolute atomic E-state index is 12.2. The van der Waals surface area contributed by atoms with Crippen LogP contribution < -0.4 is 16.4 Å². The number of anilines is 2. The second-order valence-electron chi connectivity index (χ2n) is 5.33. The number of benzene rings is 2. The summed E-state index contributed by atoms with van der Waals surface area (Å²) in [5.74, 6) is -0.385. The molecule has 0 bridgehead atoms. The van der Waals surface area contributed by atoms with Crippen LogP contribution in [0, 0.1) is 0 Å². The molecule has 0 saturated heterocycles. The van der Waals surface area contributed by atoms with Crippen LogP contribution in [-0.4, -0.2) is 38.8 Å². The Balaban J connectivity index is 2.10. The molecule has 0 aliphatic rings. The van der Waals surface area contributed by atoms with E-state index in [2.05, 4.69) is 10.6 Å². The fourth-order valence-electron chi connectivity index (χ4n) is 1.97. The number of carbonyl (C=O) groups excluding carboxylic acids is 2. The number of nitrogens with zero attached hydrogens (tertiary/aromatic N) is 1. The van der Waals surface area contributed by atoms with E-state index in [1.807, 2.05) is 0 Å². The van der Waals surface area contributed by atoms with Gasteiger partial charge in [0.25, 0.3) is 5.91 Å². The van der Waals surface area contributed by atoms with Crippen LogP contribution in [0.5, 0.6) is 0 Å². The largest absolute Gasteiger partial charge is 0.351 e. The number of primary amides is 1. The van der Waals surface area contributed by atoms with Gasteiger partial charge in [0.2, 0.25) is 10.0 Å². The Bertz CT molecular complexity index is 875. The predicted molar refractivity (Wildman–Crippen MR) is 94.9 cm³/mol. The normalized spacial score (nSPS) is 11.2. The molecule has 3 amide bonds. The molecule has 0 spiro atoms. The summed E-state index contributed by atoms with van der Waals surface area (Å²) in [5.41, 5.74) is 6.35. The van der Waals surface area contributed by atoms with Gasteiger partial charge >= 0.3 is 6.03 Å².